The molecule has 0 spiro atoms. The second-order valence-electron chi connectivity index (χ2n) is 2.90. The number of thioether (sulfide) groups is 1. The van der Waals surface area contributed by atoms with E-state index in [0.29, 0.717) is 18.2 Å². The molecule has 0 aliphatic rings. The molecule has 0 radical (unpaired) electrons. The van der Waals surface area contributed by atoms with Gasteiger partial charge in [-0.15, -0.1) is 11.8 Å². The van der Waals surface area contributed by atoms with E-state index in [-0.39, 0.29) is 5.97 Å². The van der Waals surface area contributed by atoms with Crippen molar-refractivity contribution < 1.29 is 9.53 Å². The molecule has 0 amide bonds. The molecule has 1 atom stereocenters. The number of nitrogens with zero attached hydrogens (tertiary/aromatic N) is 2. The molecular weight excluding hydrogens is 214 g/mol. The van der Waals surface area contributed by atoms with Crippen molar-refractivity contribution in [2.45, 2.75) is 18.8 Å². The molecular formula is C9H15N3O2S. The average Bonchev–Trinajstić information content (AvgIpc) is 2.71. The number of hydrogen-bond acceptors (Lipinski definition) is 5. The minimum Gasteiger partial charge on any atom is -0.465 e. The first-order chi connectivity index (χ1) is 7.24. The maximum Gasteiger partial charge on any atom is 0.323 e. The first-order valence-corrected chi connectivity index (χ1v) is 5.87. The van der Waals surface area contributed by atoms with Crippen LogP contribution in [0, 0.1) is 0 Å². The van der Waals surface area contributed by atoms with Crippen molar-refractivity contribution in [1.29, 1.82) is 0 Å². The van der Waals surface area contributed by atoms with Crippen LogP contribution in [0.1, 0.15) is 6.92 Å². The summed E-state index contributed by atoms with van der Waals surface area (Å²) < 4.78 is 6.57. The van der Waals surface area contributed by atoms with Crippen LogP contribution in [0.15, 0.2) is 18.5 Å². The molecule has 2 N–H and O–H groups in total. The SMILES string of the molecule is CCOC(=O)C(N)CSCn1cccn1. The maximum absolute atomic E-state index is 11.2. The molecule has 0 bridgehead atoms. The van der Waals surface area contributed by atoms with E-state index in [9.17, 15) is 4.79 Å². The molecule has 5 nitrogen and oxygen atoms in total. The molecule has 0 fully saturated rings. The highest BCUT2D eigenvalue weighted by Gasteiger charge is 2.13. The Kier molecular flexibility index (Phi) is 5.20. The average molecular weight is 229 g/mol. The fourth-order valence-corrected chi connectivity index (χ4v) is 1.80. The number of esters is 1. The van der Waals surface area contributed by atoms with E-state index in [1.807, 2.05) is 12.3 Å². The van der Waals surface area contributed by atoms with Crippen LogP contribution >= 0.6 is 11.8 Å². The number of rotatable bonds is 6. The van der Waals surface area contributed by atoms with Crippen molar-refractivity contribution >= 4 is 17.7 Å². The zero-order chi connectivity index (χ0) is 11.1. The smallest absolute Gasteiger partial charge is 0.323 e. The zero-order valence-corrected chi connectivity index (χ0v) is 9.44. The van der Waals surface area contributed by atoms with Crippen LogP contribution in [0.3, 0.4) is 0 Å². The van der Waals surface area contributed by atoms with E-state index in [4.69, 9.17) is 10.5 Å². The van der Waals surface area contributed by atoms with Gasteiger partial charge >= 0.3 is 5.97 Å². The molecule has 15 heavy (non-hydrogen) atoms. The van der Waals surface area contributed by atoms with Gasteiger partial charge in [-0.2, -0.15) is 5.10 Å². The normalized spacial score (nSPS) is 12.4. The minimum absolute atomic E-state index is 0.342. The lowest BCUT2D eigenvalue weighted by Gasteiger charge is -2.09. The first-order valence-electron chi connectivity index (χ1n) is 4.71. The highest BCUT2D eigenvalue weighted by molar-refractivity contribution is 7.98. The van der Waals surface area contributed by atoms with E-state index in [1.54, 1.807) is 29.6 Å². The Morgan fingerprint density at radius 3 is 3.13 bits per heavy atom. The monoisotopic (exact) mass is 229 g/mol. The molecule has 0 saturated carbocycles. The van der Waals surface area contributed by atoms with E-state index in [1.165, 1.54) is 0 Å². The molecule has 1 rings (SSSR count). The van der Waals surface area contributed by atoms with E-state index < -0.39 is 6.04 Å². The van der Waals surface area contributed by atoms with Crippen LogP contribution in [0.2, 0.25) is 0 Å². The second-order valence-corrected chi connectivity index (χ2v) is 3.90. The van der Waals surface area contributed by atoms with Gasteiger partial charge in [-0.05, 0) is 13.0 Å². The molecule has 1 unspecified atom stereocenters. The van der Waals surface area contributed by atoms with Crippen LogP contribution in [0.25, 0.3) is 0 Å². The molecule has 84 valence electrons. The van der Waals surface area contributed by atoms with E-state index >= 15 is 0 Å². The predicted octanol–water partition coefficient (Wildman–Crippen LogP) is 0.464. The zero-order valence-electron chi connectivity index (χ0n) is 8.63. The summed E-state index contributed by atoms with van der Waals surface area (Å²) in [5.41, 5.74) is 5.62. The molecule has 0 aliphatic heterocycles. The Morgan fingerprint density at radius 2 is 2.53 bits per heavy atom. The van der Waals surface area contributed by atoms with Gasteiger partial charge in [-0.1, -0.05) is 0 Å². The van der Waals surface area contributed by atoms with Gasteiger partial charge in [0.1, 0.15) is 6.04 Å². The van der Waals surface area contributed by atoms with Crippen LogP contribution in [0.5, 0.6) is 0 Å². The number of hydrogen-bond donors (Lipinski definition) is 1. The third kappa shape index (κ3) is 4.35. The van der Waals surface area contributed by atoms with Gasteiger partial charge in [0.25, 0.3) is 0 Å². The molecule has 0 aliphatic carbocycles. The number of ether oxygens (including phenoxy) is 1. The van der Waals surface area contributed by atoms with Crippen molar-refractivity contribution in [2.75, 3.05) is 12.4 Å². The van der Waals surface area contributed by atoms with Gasteiger partial charge in [0.05, 0.1) is 12.5 Å². The Labute approximate surface area is 93.0 Å². The summed E-state index contributed by atoms with van der Waals surface area (Å²) in [6.07, 6.45) is 3.58. The van der Waals surface area contributed by atoms with E-state index in [0.717, 1.165) is 0 Å². The minimum atomic E-state index is -0.550. The Hall–Kier alpha value is -1.01. The summed E-state index contributed by atoms with van der Waals surface area (Å²) in [5, 5.41) is 4.03. The van der Waals surface area contributed by atoms with Crippen molar-refractivity contribution in [2.24, 2.45) is 5.73 Å². The fourth-order valence-electron chi connectivity index (χ4n) is 0.967. The van der Waals surface area contributed by atoms with Crippen LogP contribution in [-0.2, 0) is 15.4 Å². The van der Waals surface area contributed by atoms with Gasteiger partial charge in [0, 0.05) is 18.1 Å². The predicted molar refractivity (Wildman–Crippen MR) is 59.3 cm³/mol. The fraction of sp³-hybridized carbons (Fsp3) is 0.556. The summed E-state index contributed by atoms with van der Waals surface area (Å²) in [6, 6.07) is 1.30. The lowest BCUT2D eigenvalue weighted by atomic mass is 10.4. The van der Waals surface area contributed by atoms with Gasteiger partial charge in [0.15, 0.2) is 0 Å². The summed E-state index contributed by atoms with van der Waals surface area (Å²) in [5.74, 6) is 0.893. The Bertz CT molecular complexity index is 290. The lowest BCUT2D eigenvalue weighted by molar-refractivity contribution is -0.144. The van der Waals surface area contributed by atoms with Gasteiger partial charge in [-0.3, -0.25) is 9.48 Å². The molecule has 1 aromatic heterocycles. The topological polar surface area (TPSA) is 70.1 Å². The molecule has 6 heteroatoms. The molecule has 1 heterocycles. The van der Waals surface area contributed by atoms with Crippen LogP contribution in [-0.4, -0.2) is 34.2 Å². The van der Waals surface area contributed by atoms with Gasteiger partial charge in [0.2, 0.25) is 0 Å². The van der Waals surface area contributed by atoms with Crippen molar-refractivity contribution in [1.82, 2.24) is 9.78 Å². The largest absolute Gasteiger partial charge is 0.465 e. The number of carbonyl (C=O) groups excluding carboxylic acids is 1. The van der Waals surface area contributed by atoms with Crippen molar-refractivity contribution in [3.05, 3.63) is 18.5 Å². The van der Waals surface area contributed by atoms with E-state index in [2.05, 4.69) is 5.10 Å². The molecule has 1 aromatic rings. The quantitative estimate of drug-likeness (QED) is 0.718. The summed E-state index contributed by atoms with van der Waals surface area (Å²) in [7, 11) is 0. The highest BCUT2D eigenvalue weighted by Crippen LogP contribution is 2.05. The summed E-state index contributed by atoms with van der Waals surface area (Å²) in [4.78, 5) is 11.2. The lowest BCUT2D eigenvalue weighted by Crippen LogP contribution is -2.34. The second kappa shape index (κ2) is 6.47. The Morgan fingerprint density at radius 1 is 1.73 bits per heavy atom. The molecule has 0 saturated heterocycles. The summed E-state index contributed by atoms with van der Waals surface area (Å²) in [6.45, 7) is 2.14. The Balaban J connectivity index is 2.17. The van der Waals surface area contributed by atoms with Gasteiger partial charge in [-0.25, -0.2) is 0 Å². The van der Waals surface area contributed by atoms with Crippen LogP contribution in [0.4, 0.5) is 0 Å². The number of nitrogens with two attached hydrogens (primary N) is 1. The maximum atomic E-state index is 11.2. The van der Waals surface area contributed by atoms with Crippen molar-refractivity contribution in [3.63, 3.8) is 0 Å². The third-order valence-electron chi connectivity index (χ3n) is 1.67. The molecule has 0 aromatic carbocycles. The van der Waals surface area contributed by atoms with Gasteiger partial charge < -0.3 is 10.5 Å². The number of aromatic nitrogens is 2. The first kappa shape index (κ1) is 12.1. The van der Waals surface area contributed by atoms with Crippen LogP contribution < -0.4 is 5.73 Å². The van der Waals surface area contributed by atoms with Crippen molar-refractivity contribution in [3.8, 4) is 0 Å². The summed E-state index contributed by atoms with van der Waals surface area (Å²) >= 11 is 1.55. The number of carbonyl (C=O) groups is 1. The third-order valence-corrected chi connectivity index (χ3v) is 2.71. The standard InChI is InChI=1S/C9H15N3O2S/c1-2-14-9(13)8(10)6-15-7-12-5-3-4-11-12/h3-5,8H,2,6-7,10H2,1H3. The highest BCUT2D eigenvalue weighted by atomic mass is 32.2.